The smallest absolute Gasteiger partial charge is 0.324 e. The lowest BCUT2D eigenvalue weighted by molar-refractivity contribution is -0.139. The third-order valence-electron chi connectivity index (χ3n) is 1.24. The van der Waals surface area contributed by atoms with Gasteiger partial charge in [0.2, 0.25) is 0 Å². The van der Waals surface area contributed by atoms with E-state index in [4.69, 9.17) is 0 Å². The number of ether oxygens (including phenoxy) is 1. The summed E-state index contributed by atoms with van der Waals surface area (Å²) in [5.41, 5.74) is 0.946. The van der Waals surface area contributed by atoms with E-state index < -0.39 is 0 Å². The van der Waals surface area contributed by atoms with Gasteiger partial charge in [-0.1, -0.05) is 15.9 Å². The monoisotopic (exact) mass is 234 g/mol. The zero-order valence-electron chi connectivity index (χ0n) is 5.91. The fourth-order valence-corrected chi connectivity index (χ4v) is 1.99. The van der Waals surface area contributed by atoms with Crippen molar-refractivity contribution in [2.45, 2.75) is 4.83 Å². The normalized spacial score (nSPS) is 12.5. The molecule has 0 N–H and O–H groups in total. The van der Waals surface area contributed by atoms with Crippen LogP contribution < -0.4 is 0 Å². The molecule has 4 heteroatoms. The number of methoxy groups -OCH3 is 1. The second-order valence-electron chi connectivity index (χ2n) is 1.94. The molecule has 2 nitrogen and oxygen atoms in total. The summed E-state index contributed by atoms with van der Waals surface area (Å²) in [6, 6.07) is 1.89. The molecule has 0 aliphatic carbocycles. The van der Waals surface area contributed by atoms with Crippen molar-refractivity contribution in [3.05, 3.63) is 22.4 Å². The number of hydrogen-bond acceptors (Lipinski definition) is 3. The number of alkyl halides is 1. The summed E-state index contributed by atoms with van der Waals surface area (Å²) in [5.74, 6) is -0.261. The fourth-order valence-electron chi connectivity index (χ4n) is 0.659. The Labute approximate surface area is 77.3 Å². The van der Waals surface area contributed by atoms with Crippen molar-refractivity contribution in [1.82, 2.24) is 0 Å². The Bertz CT molecular complexity index is 233. The number of carbonyl (C=O) groups is 1. The van der Waals surface area contributed by atoms with Crippen LogP contribution in [0.3, 0.4) is 0 Å². The molecule has 60 valence electrons. The van der Waals surface area contributed by atoms with E-state index in [1.165, 1.54) is 7.11 Å². The Balaban J connectivity index is 2.70. The lowest BCUT2D eigenvalue weighted by Crippen LogP contribution is -2.06. The van der Waals surface area contributed by atoms with E-state index in [-0.39, 0.29) is 10.8 Å². The van der Waals surface area contributed by atoms with Crippen LogP contribution >= 0.6 is 27.3 Å². The van der Waals surface area contributed by atoms with Crippen LogP contribution in [0.5, 0.6) is 0 Å². The van der Waals surface area contributed by atoms with E-state index in [2.05, 4.69) is 20.7 Å². The predicted molar refractivity (Wildman–Crippen MR) is 48.0 cm³/mol. The number of carbonyl (C=O) groups excluding carboxylic acids is 1. The summed E-state index contributed by atoms with van der Waals surface area (Å²) in [4.78, 5) is 10.6. The first-order chi connectivity index (χ1) is 5.25. The summed E-state index contributed by atoms with van der Waals surface area (Å²) >= 11 is 4.78. The number of halogens is 1. The first-order valence-corrected chi connectivity index (χ1v) is 4.85. The van der Waals surface area contributed by atoms with E-state index in [1.54, 1.807) is 11.3 Å². The molecule has 0 spiro atoms. The molecule has 0 aromatic carbocycles. The van der Waals surface area contributed by atoms with Crippen molar-refractivity contribution in [3.8, 4) is 0 Å². The van der Waals surface area contributed by atoms with Crippen molar-refractivity contribution in [2.75, 3.05) is 7.11 Å². The van der Waals surface area contributed by atoms with Gasteiger partial charge >= 0.3 is 5.97 Å². The third-order valence-corrected chi connectivity index (χ3v) is 2.85. The fraction of sp³-hybridized carbons (Fsp3) is 0.286. The molecule has 1 heterocycles. The molecule has 1 aromatic rings. The summed E-state index contributed by atoms with van der Waals surface area (Å²) < 4.78 is 4.55. The van der Waals surface area contributed by atoms with Crippen LogP contribution in [0.1, 0.15) is 10.4 Å². The zero-order valence-corrected chi connectivity index (χ0v) is 8.31. The quantitative estimate of drug-likeness (QED) is 0.581. The van der Waals surface area contributed by atoms with Crippen molar-refractivity contribution >= 4 is 33.2 Å². The minimum atomic E-state index is -0.321. The molecular weight excluding hydrogens is 228 g/mol. The van der Waals surface area contributed by atoms with E-state index in [0.717, 1.165) is 5.56 Å². The second-order valence-corrected chi connectivity index (χ2v) is 3.64. The number of esters is 1. The van der Waals surface area contributed by atoms with Crippen molar-refractivity contribution in [1.29, 1.82) is 0 Å². The molecular formula is C7H7BrO2S. The maximum absolute atomic E-state index is 10.9. The van der Waals surface area contributed by atoms with Gasteiger partial charge in [-0.2, -0.15) is 11.3 Å². The van der Waals surface area contributed by atoms with Gasteiger partial charge in [0.1, 0.15) is 4.83 Å². The van der Waals surface area contributed by atoms with Gasteiger partial charge in [0, 0.05) is 0 Å². The average Bonchev–Trinajstić information content (AvgIpc) is 2.53. The van der Waals surface area contributed by atoms with Crippen LogP contribution in [0, 0.1) is 0 Å². The predicted octanol–water partition coefficient (Wildman–Crippen LogP) is 2.36. The van der Waals surface area contributed by atoms with Crippen LogP contribution in [0.2, 0.25) is 0 Å². The molecule has 1 aromatic heterocycles. The lowest BCUT2D eigenvalue weighted by Gasteiger charge is -2.03. The van der Waals surface area contributed by atoms with Crippen molar-refractivity contribution < 1.29 is 9.53 Å². The van der Waals surface area contributed by atoms with Crippen LogP contribution in [0.4, 0.5) is 0 Å². The Morgan fingerprint density at radius 1 is 1.82 bits per heavy atom. The van der Waals surface area contributed by atoms with Gasteiger partial charge in [-0.05, 0) is 22.4 Å². The highest BCUT2D eigenvalue weighted by Gasteiger charge is 2.17. The van der Waals surface area contributed by atoms with Crippen LogP contribution in [-0.4, -0.2) is 13.1 Å². The highest BCUT2D eigenvalue weighted by Crippen LogP contribution is 2.25. The van der Waals surface area contributed by atoms with Gasteiger partial charge in [-0.15, -0.1) is 0 Å². The standard InChI is InChI=1S/C7H7BrO2S/c1-10-7(9)6(8)5-2-3-11-4-5/h2-4,6H,1H3. The summed E-state index contributed by atoms with van der Waals surface area (Å²) in [5, 5.41) is 3.84. The lowest BCUT2D eigenvalue weighted by atomic mass is 10.2. The van der Waals surface area contributed by atoms with Crippen molar-refractivity contribution in [2.24, 2.45) is 0 Å². The van der Waals surface area contributed by atoms with E-state index in [9.17, 15) is 4.79 Å². The average molecular weight is 235 g/mol. The summed E-state index contributed by atoms with van der Waals surface area (Å²) in [6.45, 7) is 0. The first kappa shape index (κ1) is 8.74. The molecule has 0 radical (unpaired) electrons. The minimum Gasteiger partial charge on any atom is -0.468 e. The molecule has 0 saturated heterocycles. The Morgan fingerprint density at radius 3 is 3.00 bits per heavy atom. The maximum atomic E-state index is 10.9. The molecule has 0 amide bonds. The number of rotatable bonds is 2. The van der Waals surface area contributed by atoms with E-state index >= 15 is 0 Å². The van der Waals surface area contributed by atoms with Crippen molar-refractivity contribution in [3.63, 3.8) is 0 Å². The highest BCUT2D eigenvalue weighted by molar-refractivity contribution is 9.09. The zero-order chi connectivity index (χ0) is 8.27. The van der Waals surface area contributed by atoms with Gasteiger partial charge in [0.15, 0.2) is 0 Å². The van der Waals surface area contributed by atoms with Crippen LogP contribution in [0.15, 0.2) is 16.8 Å². The molecule has 0 aliphatic rings. The molecule has 1 atom stereocenters. The van der Waals surface area contributed by atoms with Gasteiger partial charge < -0.3 is 4.74 Å². The van der Waals surface area contributed by atoms with Gasteiger partial charge in [-0.25, -0.2) is 0 Å². The molecule has 0 fully saturated rings. The van der Waals surface area contributed by atoms with E-state index in [1.807, 2.05) is 16.8 Å². The first-order valence-electron chi connectivity index (χ1n) is 2.99. The van der Waals surface area contributed by atoms with Crippen LogP contribution in [-0.2, 0) is 9.53 Å². The second kappa shape index (κ2) is 3.88. The SMILES string of the molecule is COC(=O)C(Br)c1ccsc1. The molecule has 11 heavy (non-hydrogen) atoms. The van der Waals surface area contributed by atoms with Crippen LogP contribution in [0.25, 0.3) is 0 Å². The molecule has 1 unspecified atom stereocenters. The Morgan fingerprint density at radius 2 is 2.55 bits per heavy atom. The van der Waals surface area contributed by atoms with Gasteiger partial charge in [0.25, 0.3) is 0 Å². The summed E-state index contributed by atoms with van der Waals surface area (Å²) in [7, 11) is 1.38. The number of hydrogen-bond donors (Lipinski definition) is 0. The topological polar surface area (TPSA) is 26.3 Å². The largest absolute Gasteiger partial charge is 0.468 e. The molecule has 0 bridgehead atoms. The van der Waals surface area contributed by atoms with Gasteiger partial charge in [-0.3, -0.25) is 4.79 Å². The Kier molecular flexibility index (Phi) is 3.08. The summed E-state index contributed by atoms with van der Waals surface area (Å²) in [6.07, 6.45) is 0. The third kappa shape index (κ3) is 2.04. The van der Waals surface area contributed by atoms with E-state index in [0.29, 0.717) is 0 Å². The highest BCUT2D eigenvalue weighted by atomic mass is 79.9. The molecule has 0 aliphatic heterocycles. The van der Waals surface area contributed by atoms with Gasteiger partial charge in [0.05, 0.1) is 7.11 Å². The Hall–Kier alpha value is -0.350. The molecule has 1 rings (SSSR count). The minimum absolute atomic E-state index is 0.261. The molecule has 0 saturated carbocycles. The maximum Gasteiger partial charge on any atom is 0.324 e. The number of thiophene rings is 1.